The van der Waals surface area contributed by atoms with Gasteiger partial charge < -0.3 is 15.3 Å². The summed E-state index contributed by atoms with van der Waals surface area (Å²) in [5.41, 5.74) is 0.534. The number of amides is 2. The van der Waals surface area contributed by atoms with Crippen molar-refractivity contribution >= 4 is 11.8 Å². The second-order valence-electron chi connectivity index (χ2n) is 6.63. The van der Waals surface area contributed by atoms with E-state index in [0.29, 0.717) is 18.7 Å². The third kappa shape index (κ3) is 4.98. The molecule has 2 N–H and O–H groups in total. The van der Waals surface area contributed by atoms with Gasteiger partial charge in [0.15, 0.2) is 11.6 Å². The summed E-state index contributed by atoms with van der Waals surface area (Å²) < 4.78 is 26.5. The van der Waals surface area contributed by atoms with Crippen molar-refractivity contribution in [2.45, 2.75) is 38.9 Å². The molecule has 1 atom stereocenters. The Morgan fingerprint density at radius 2 is 2.12 bits per heavy atom. The van der Waals surface area contributed by atoms with Gasteiger partial charge >= 0.3 is 0 Å². The minimum absolute atomic E-state index is 0.0340. The van der Waals surface area contributed by atoms with Gasteiger partial charge in [0.2, 0.25) is 11.8 Å². The van der Waals surface area contributed by atoms with Crippen LogP contribution in [0.2, 0.25) is 0 Å². The number of aliphatic hydroxyl groups is 1. The molecule has 1 aromatic rings. The molecular weight excluding hydrogens is 344 g/mol. The number of benzene rings is 1. The van der Waals surface area contributed by atoms with Crippen molar-refractivity contribution in [2.75, 3.05) is 26.2 Å². The molecule has 1 aromatic carbocycles. The highest BCUT2D eigenvalue weighted by atomic mass is 19.2. The van der Waals surface area contributed by atoms with Crippen LogP contribution in [0.1, 0.15) is 25.8 Å². The number of hydrogen-bond donors (Lipinski definition) is 2. The molecule has 6 nitrogen and oxygen atoms in total. The van der Waals surface area contributed by atoms with E-state index in [-0.39, 0.29) is 44.0 Å². The van der Waals surface area contributed by atoms with Gasteiger partial charge in [-0.2, -0.15) is 0 Å². The molecule has 144 valence electrons. The fraction of sp³-hybridized carbons (Fsp3) is 0.556. The fourth-order valence-electron chi connectivity index (χ4n) is 3.11. The summed E-state index contributed by atoms with van der Waals surface area (Å²) in [6.45, 7) is 4.90. The zero-order chi connectivity index (χ0) is 19.3. The molecule has 26 heavy (non-hydrogen) atoms. The van der Waals surface area contributed by atoms with Gasteiger partial charge in [-0.1, -0.05) is 6.07 Å². The number of halogens is 2. The van der Waals surface area contributed by atoms with E-state index in [4.69, 9.17) is 5.11 Å². The van der Waals surface area contributed by atoms with Crippen LogP contribution in [0.15, 0.2) is 18.2 Å². The SMILES string of the molecule is CC(C)N(CCO)C(=O)CC1C(=O)NCCN1Cc1ccc(F)c(F)c1. The summed E-state index contributed by atoms with van der Waals surface area (Å²) in [5.74, 6) is -2.36. The van der Waals surface area contributed by atoms with Gasteiger partial charge in [-0.15, -0.1) is 0 Å². The quantitative estimate of drug-likeness (QED) is 0.749. The number of carbonyl (C=O) groups is 2. The minimum Gasteiger partial charge on any atom is -0.395 e. The van der Waals surface area contributed by atoms with Crippen molar-refractivity contribution in [3.8, 4) is 0 Å². The maximum absolute atomic E-state index is 13.4. The summed E-state index contributed by atoms with van der Waals surface area (Å²) in [7, 11) is 0. The van der Waals surface area contributed by atoms with E-state index in [0.717, 1.165) is 12.1 Å². The number of nitrogens with one attached hydrogen (secondary N) is 1. The molecule has 0 aliphatic carbocycles. The van der Waals surface area contributed by atoms with Crippen molar-refractivity contribution in [3.63, 3.8) is 0 Å². The average Bonchev–Trinajstić information content (AvgIpc) is 2.58. The van der Waals surface area contributed by atoms with Gasteiger partial charge in [-0.3, -0.25) is 14.5 Å². The van der Waals surface area contributed by atoms with Crippen LogP contribution in [0.5, 0.6) is 0 Å². The lowest BCUT2D eigenvalue weighted by molar-refractivity contribution is -0.140. The molecule has 1 aliphatic rings. The molecule has 1 heterocycles. The predicted molar refractivity (Wildman–Crippen MR) is 92.1 cm³/mol. The van der Waals surface area contributed by atoms with E-state index < -0.39 is 17.7 Å². The maximum atomic E-state index is 13.4. The van der Waals surface area contributed by atoms with Crippen molar-refractivity contribution in [1.29, 1.82) is 0 Å². The summed E-state index contributed by atoms with van der Waals surface area (Å²) >= 11 is 0. The number of hydrogen-bond acceptors (Lipinski definition) is 4. The summed E-state index contributed by atoms with van der Waals surface area (Å²) in [5, 5.41) is 11.9. The first-order chi connectivity index (χ1) is 12.3. The highest BCUT2D eigenvalue weighted by molar-refractivity contribution is 5.89. The van der Waals surface area contributed by atoms with Gasteiger partial charge in [0.1, 0.15) is 0 Å². The minimum atomic E-state index is -0.939. The lowest BCUT2D eigenvalue weighted by Gasteiger charge is -2.36. The standard InChI is InChI=1S/C18H25F2N3O3/c1-12(2)23(7-8-24)17(25)10-16-18(26)21-5-6-22(16)11-13-3-4-14(19)15(20)9-13/h3-4,9,12,16,24H,5-8,10-11H2,1-2H3,(H,21,26). The summed E-state index contributed by atoms with van der Waals surface area (Å²) in [6, 6.07) is 2.84. The molecule has 0 saturated carbocycles. The van der Waals surface area contributed by atoms with Crippen LogP contribution in [0, 0.1) is 11.6 Å². The van der Waals surface area contributed by atoms with Crippen molar-refractivity contribution < 1.29 is 23.5 Å². The van der Waals surface area contributed by atoms with Crippen LogP contribution in [0.25, 0.3) is 0 Å². The van der Waals surface area contributed by atoms with Crippen molar-refractivity contribution in [2.24, 2.45) is 0 Å². The topological polar surface area (TPSA) is 72.9 Å². The van der Waals surface area contributed by atoms with Crippen molar-refractivity contribution in [3.05, 3.63) is 35.4 Å². The second-order valence-corrected chi connectivity index (χ2v) is 6.63. The van der Waals surface area contributed by atoms with Crippen LogP contribution in [0.3, 0.4) is 0 Å². The first-order valence-corrected chi connectivity index (χ1v) is 8.69. The van der Waals surface area contributed by atoms with E-state index in [1.165, 1.54) is 11.0 Å². The molecule has 1 fully saturated rings. The molecular formula is C18H25F2N3O3. The van der Waals surface area contributed by atoms with Gasteiger partial charge in [0.05, 0.1) is 19.1 Å². The molecule has 0 aromatic heterocycles. The normalized spacial score (nSPS) is 18.1. The van der Waals surface area contributed by atoms with Gasteiger partial charge in [-0.05, 0) is 31.5 Å². The summed E-state index contributed by atoms with van der Waals surface area (Å²) in [6.07, 6.45) is -0.0340. The van der Waals surface area contributed by atoms with Crippen LogP contribution < -0.4 is 5.32 Å². The Labute approximate surface area is 151 Å². The van der Waals surface area contributed by atoms with E-state index in [1.54, 1.807) is 4.90 Å². The first kappa shape index (κ1) is 20.3. The maximum Gasteiger partial charge on any atom is 0.237 e. The number of nitrogens with zero attached hydrogens (tertiary/aromatic N) is 2. The molecule has 0 radical (unpaired) electrons. The predicted octanol–water partition coefficient (Wildman–Crippen LogP) is 0.885. The van der Waals surface area contributed by atoms with Gasteiger partial charge in [0.25, 0.3) is 0 Å². The van der Waals surface area contributed by atoms with Crippen molar-refractivity contribution in [1.82, 2.24) is 15.1 Å². The van der Waals surface area contributed by atoms with E-state index in [9.17, 15) is 18.4 Å². The number of piperazine rings is 1. The molecule has 8 heteroatoms. The Balaban J connectivity index is 2.12. The Kier molecular flexibility index (Phi) is 7.05. The Morgan fingerprint density at radius 1 is 1.38 bits per heavy atom. The Bertz CT molecular complexity index is 655. The Hall–Kier alpha value is -2.06. The van der Waals surface area contributed by atoms with E-state index in [1.807, 2.05) is 13.8 Å². The molecule has 1 aliphatic heterocycles. The van der Waals surface area contributed by atoms with Gasteiger partial charge in [-0.25, -0.2) is 8.78 Å². The number of aliphatic hydroxyl groups excluding tert-OH is 1. The first-order valence-electron chi connectivity index (χ1n) is 8.69. The highest BCUT2D eigenvalue weighted by Gasteiger charge is 2.33. The van der Waals surface area contributed by atoms with Crippen LogP contribution in [-0.2, 0) is 16.1 Å². The largest absolute Gasteiger partial charge is 0.395 e. The smallest absolute Gasteiger partial charge is 0.237 e. The summed E-state index contributed by atoms with van der Waals surface area (Å²) in [4.78, 5) is 28.2. The molecule has 2 amide bonds. The van der Waals surface area contributed by atoms with E-state index >= 15 is 0 Å². The molecule has 0 bridgehead atoms. The molecule has 1 saturated heterocycles. The number of rotatable bonds is 7. The molecule has 2 rings (SSSR count). The van der Waals surface area contributed by atoms with Crippen LogP contribution in [0.4, 0.5) is 8.78 Å². The second kappa shape index (κ2) is 9.05. The molecule has 1 unspecified atom stereocenters. The van der Waals surface area contributed by atoms with Crippen LogP contribution in [-0.4, -0.2) is 65.0 Å². The monoisotopic (exact) mass is 369 g/mol. The lowest BCUT2D eigenvalue weighted by atomic mass is 10.1. The number of carbonyl (C=O) groups excluding carboxylic acids is 2. The van der Waals surface area contributed by atoms with Gasteiger partial charge in [0, 0.05) is 32.2 Å². The zero-order valence-electron chi connectivity index (χ0n) is 15.0. The zero-order valence-corrected chi connectivity index (χ0v) is 15.0. The highest BCUT2D eigenvalue weighted by Crippen LogP contribution is 2.17. The third-order valence-electron chi connectivity index (χ3n) is 4.46. The fourth-order valence-corrected chi connectivity index (χ4v) is 3.11. The molecule has 0 spiro atoms. The average molecular weight is 369 g/mol. The lowest BCUT2D eigenvalue weighted by Crippen LogP contribution is -2.56. The third-order valence-corrected chi connectivity index (χ3v) is 4.46. The Morgan fingerprint density at radius 3 is 2.73 bits per heavy atom. The van der Waals surface area contributed by atoms with E-state index in [2.05, 4.69) is 5.32 Å². The van der Waals surface area contributed by atoms with Crippen LogP contribution >= 0.6 is 0 Å².